The van der Waals surface area contributed by atoms with E-state index >= 15 is 0 Å². The molecule has 1 aromatic carbocycles. The molecule has 6 N–H and O–H groups in total. The van der Waals surface area contributed by atoms with Crippen LogP contribution in [0.5, 0.6) is 5.75 Å². The summed E-state index contributed by atoms with van der Waals surface area (Å²) in [5, 5.41) is 50.3. The van der Waals surface area contributed by atoms with Gasteiger partial charge in [0, 0.05) is 5.02 Å². The number of hydrazone groups is 1. The van der Waals surface area contributed by atoms with Gasteiger partial charge in [-0.25, -0.2) is 5.43 Å². The minimum Gasteiger partial charge on any atom is -0.482 e. The van der Waals surface area contributed by atoms with Gasteiger partial charge in [-0.1, -0.05) is 23.2 Å². The summed E-state index contributed by atoms with van der Waals surface area (Å²) in [5.41, 5.74) is 2.02. The van der Waals surface area contributed by atoms with Gasteiger partial charge >= 0.3 is 0 Å². The number of nitrogens with zero attached hydrogens (tertiary/aromatic N) is 1. The van der Waals surface area contributed by atoms with Crippen molar-refractivity contribution < 1.29 is 35.1 Å². The molecule has 0 heterocycles. The lowest BCUT2D eigenvalue weighted by Gasteiger charge is -2.23. The second-order valence-corrected chi connectivity index (χ2v) is 5.74. The molecule has 1 rings (SSSR count). The lowest BCUT2D eigenvalue weighted by atomic mass is 10.0. The van der Waals surface area contributed by atoms with E-state index in [0.717, 1.165) is 6.21 Å². The molecular weight excluding hydrogens is 379 g/mol. The third-order valence-electron chi connectivity index (χ3n) is 2.95. The van der Waals surface area contributed by atoms with Crippen molar-refractivity contribution in [3.05, 3.63) is 28.2 Å². The number of hydrogen-bond donors (Lipinski definition) is 6. The minimum atomic E-state index is -1.81. The van der Waals surface area contributed by atoms with E-state index < -0.39 is 43.5 Å². The monoisotopic (exact) mass is 396 g/mol. The third-order valence-corrected chi connectivity index (χ3v) is 3.48. The number of carbonyl (C=O) groups excluding carboxylic acids is 1. The van der Waals surface area contributed by atoms with E-state index in [1.165, 1.54) is 18.2 Å². The summed E-state index contributed by atoms with van der Waals surface area (Å²) in [5.74, 6) is -0.443. The van der Waals surface area contributed by atoms with Crippen LogP contribution in [-0.2, 0) is 4.79 Å². The Bertz CT molecular complexity index is 603. The van der Waals surface area contributed by atoms with Gasteiger partial charge in [-0.3, -0.25) is 4.79 Å². The largest absolute Gasteiger partial charge is 0.482 e. The van der Waals surface area contributed by atoms with Crippen LogP contribution in [-0.4, -0.2) is 75.3 Å². The Labute approximate surface area is 153 Å². The lowest BCUT2D eigenvalue weighted by Crippen LogP contribution is -2.46. The predicted molar refractivity (Wildman–Crippen MR) is 89.7 cm³/mol. The van der Waals surface area contributed by atoms with Crippen LogP contribution in [0.1, 0.15) is 0 Å². The summed E-state index contributed by atoms with van der Waals surface area (Å²) >= 11 is 11.6. The minimum absolute atomic E-state index is 0.221. The fourth-order valence-corrected chi connectivity index (χ4v) is 2.04. The molecule has 25 heavy (non-hydrogen) atoms. The molecule has 0 aromatic heterocycles. The molecule has 0 saturated heterocycles. The van der Waals surface area contributed by atoms with Gasteiger partial charge < -0.3 is 30.3 Å². The van der Waals surface area contributed by atoms with Crippen molar-refractivity contribution in [1.29, 1.82) is 0 Å². The maximum Gasteiger partial charge on any atom is 0.277 e. The molecule has 0 aliphatic carbocycles. The first-order chi connectivity index (χ1) is 11.8. The molecular formula is C14H18Cl2N2O7. The highest BCUT2D eigenvalue weighted by atomic mass is 35.5. The van der Waals surface area contributed by atoms with Crippen LogP contribution in [0.15, 0.2) is 23.3 Å². The van der Waals surface area contributed by atoms with Gasteiger partial charge in [0.25, 0.3) is 5.91 Å². The van der Waals surface area contributed by atoms with Crippen molar-refractivity contribution in [2.75, 3.05) is 13.2 Å². The van der Waals surface area contributed by atoms with Crippen LogP contribution in [0.25, 0.3) is 0 Å². The average molecular weight is 397 g/mol. The van der Waals surface area contributed by atoms with Crippen molar-refractivity contribution in [2.45, 2.75) is 24.4 Å². The molecule has 1 amide bonds. The Morgan fingerprint density at radius 3 is 2.52 bits per heavy atom. The second-order valence-electron chi connectivity index (χ2n) is 4.90. The Morgan fingerprint density at radius 1 is 1.24 bits per heavy atom. The van der Waals surface area contributed by atoms with Gasteiger partial charge in [-0.05, 0) is 18.2 Å². The molecule has 0 aliphatic heterocycles. The first-order valence-electron chi connectivity index (χ1n) is 6.99. The number of carbonyl (C=O) groups is 1. The zero-order chi connectivity index (χ0) is 19.0. The van der Waals surface area contributed by atoms with Crippen LogP contribution in [0.3, 0.4) is 0 Å². The van der Waals surface area contributed by atoms with E-state index in [0.29, 0.717) is 5.02 Å². The number of benzene rings is 1. The Morgan fingerprint density at radius 2 is 1.92 bits per heavy atom. The van der Waals surface area contributed by atoms with Crippen LogP contribution >= 0.6 is 23.2 Å². The average Bonchev–Trinajstić information content (AvgIpc) is 2.58. The van der Waals surface area contributed by atoms with Gasteiger partial charge in [0.2, 0.25) is 0 Å². The fraction of sp³-hybridized carbons (Fsp3) is 0.429. The number of rotatable bonds is 9. The van der Waals surface area contributed by atoms with Crippen molar-refractivity contribution >= 4 is 35.3 Å². The molecule has 0 fully saturated rings. The number of aliphatic hydroxyl groups is 5. The van der Waals surface area contributed by atoms with Gasteiger partial charge in [0.15, 0.2) is 6.61 Å². The van der Waals surface area contributed by atoms with Crippen LogP contribution < -0.4 is 10.2 Å². The summed E-state index contributed by atoms with van der Waals surface area (Å²) < 4.78 is 5.15. The summed E-state index contributed by atoms with van der Waals surface area (Å²) in [6, 6.07) is 4.45. The third kappa shape index (κ3) is 7.12. The highest BCUT2D eigenvalue weighted by Gasteiger charge is 2.29. The molecule has 140 valence electrons. The maximum atomic E-state index is 11.5. The highest BCUT2D eigenvalue weighted by molar-refractivity contribution is 6.35. The molecule has 0 spiro atoms. The number of halogens is 2. The van der Waals surface area contributed by atoms with E-state index in [9.17, 15) is 20.1 Å². The van der Waals surface area contributed by atoms with E-state index in [2.05, 4.69) is 5.10 Å². The molecule has 0 radical (unpaired) electrons. The summed E-state index contributed by atoms with van der Waals surface area (Å²) in [7, 11) is 0. The topological polar surface area (TPSA) is 152 Å². The zero-order valence-electron chi connectivity index (χ0n) is 12.8. The standard InChI is InChI=1S/C14H18Cl2N2O7/c15-7-1-2-11(8(16)3-7)25-6-12(22)18-17-4-9(20)13(23)14(24)10(21)5-19/h1-4,9-10,13-14,19-21,23-24H,5-6H2,(H,18,22). The first-order valence-corrected chi connectivity index (χ1v) is 7.74. The molecule has 9 nitrogen and oxygen atoms in total. The van der Waals surface area contributed by atoms with Crippen LogP contribution in [0.4, 0.5) is 0 Å². The van der Waals surface area contributed by atoms with E-state index in [1.54, 1.807) is 0 Å². The van der Waals surface area contributed by atoms with Crippen molar-refractivity contribution in [1.82, 2.24) is 5.43 Å². The number of aliphatic hydroxyl groups excluding tert-OH is 5. The molecule has 0 bridgehead atoms. The van der Waals surface area contributed by atoms with Crippen molar-refractivity contribution in [3.63, 3.8) is 0 Å². The molecule has 4 atom stereocenters. The number of ether oxygens (including phenoxy) is 1. The molecule has 4 unspecified atom stereocenters. The van der Waals surface area contributed by atoms with E-state index in [1.807, 2.05) is 5.43 Å². The zero-order valence-corrected chi connectivity index (χ0v) is 14.3. The van der Waals surface area contributed by atoms with Gasteiger partial charge in [-0.15, -0.1) is 0 Å². The second kappa shape index (κ2) is 10.5. The quantitative estimate of drug-likeness (QED) is 0.229. The SMILES string of the molecule is O=C(COc1ccc(Cl)cc1Cl)NN=CC(O)C(O)C(O)C(O)CO. The van der Waals surface area contributed by atoms with E-state index in [-0.39, 0.29) is 10.8 Å². The van der Waals surface area contributed by atoms with Gasteiger partial charge in [-0.2, -0.15) is 5.10 Å². The lowest BCUT2D eigenvalue weighted by molar-refractivity contribution is -0.123. The molecule has 11 heteroatoms. The Kier molecular flexibility index (Phi) is 9.08. The summed E-state index contributed by atoms with van der Waals surface area (Å²) in [4.78, 5) is 11.5. The van der Waals surface area contributed by atoms with Crippen LogP contribution in [0.2, 0.25) is 10.0 Å². The Balaban J connectivity index is 2.43. The van der Waals surface area contributed by atoms with E-state index in [4.69, 9.17) is 38.2 Å². The number of nitrogens with one attached hydrogen (secondary N) is 1. The Hall–Kier alpha value is -1.46. The van der Waals surface area contributed by atoms with Gasteiger partial charge in [0.05, 0.1) is 17.8 Å². The normalized spacial score (nSPS) is 16.3. The summed E-state index contributed by atoms with van der Waals surface area (Å²) in [6.07, 6.45) is -6.19. The predicted octanol–water partition coefficient (Wildman–Crippen LogP) is -1.09. The highest BCUT2D eigenvalue weighted by Crippen LogP contribution is 2.27. The smallest absolute Gasteiger partial charge is 0.277 e. The van der Waals surface area contributed by atoms with Crippen molar-refractivity contribution in [2.24, 2.45) is 5.10 Å². The number of amides is 1. The van der Waals surface area contributed by atoms with Crippen LogP contribution in [0, 0.1) is 0 Å². The number of hydrogen-bond acceptors (Lipinski definition) is 8. The first kappa shape index (κ1) is 21.6. The van der Waals surface area contributed by atoms with Gasteiger partial charge in [0.1, 0.15) is 30.2 Å². The summed E-state index contributed by atoms with van der Waals surface area (Å²) in [6.45, 7) is -1.23. The molecule has 0 saturated carbocycles. The fourth-order valence-electron chi connectivity index (χ4n) is 1.58. The van der Waals surface area contributed by atoms with Crippen molar-refractivity contribution in [3.8, 4) is 5.75 Å². The maximum absolute atomic E-state index is 11.5. The molecule has 1 aromatic rings. The molecule has 0 aliphatic rings.